The zero-order chi connectivity index (χ0) is 40.7. The van der Waals surface area contributed by atoms with E-state index in [-0.39, 0.29) is 30.8 Å². The zero-order valence-electron chi connectivity index (χ0n) is 33.6. The van der Waals surface area contributed by atoms with Crippen LogP contribution in [-0.4, -0.2) is 94.5 Å². The van der Waals surface area contributed by atoms with E-state index >= 15 is 0 Å². The molecule has 0 saturated carbocycles. The second kappa shape index (κ2) is 18.9. The van der Waals surface area contributed by atoms with Crippen molar-refractivity contribution in [3.8, 4) is 0 Å². The molecule has 0 radical (unpaired) electrons. The molecular weight excluding hydrogens is 751 g/mol. The summed E-state index contributed by atoms with van der Waals surface area (Å²) in [4.78, 5) is 16.9. The molecule has 3 aliphatic heterocycles. The summed E-state index contributed by atoms with van der Waals surface area (Å²) < 4.78 is 57.2. The molecule has 3 aromatic carbocycles. The summed E-state index contributed by atoms with van der Waals surface area (Å²) in [5.41, 5.74) is 12.4. The lowest BCUT2D eigenvalue weighted by atomic mass is 9.94. The molecule has 0 spiro atoms. The van der Waals surface area contributed by atoms with Crippen LogP contribution in [0.3, 0.4) is 0 Å². The number of hydrogen-bond donors (Lipinski definition) is 1. The molecule has 3 heterocycles. The smallest absolute Gasteiger partial charge is 0.337 e. The summed E-state index contributed by atoms with van der Waals surface area (Å²) in [7, 11) is -1.42. The minimum absolute atomic E-state index is 0.0582. The van der Waals surface area contributed by atoms with Gasteiger partial charge >= 0.3 is 5.97 Å². The molecule has 6 rings (SSSR count). The third-order valence-electron chi connectivity index (χ3n) is 11.8. The normalized spacial score (nSPS) is 30.6. The molecule has 0 aliphatic carbocycles. The lowest BCUT2D eigenvalue weighted by Crippen LogP contribution is -2.67. The summed E-state index contributed by atoms with van der Waals surface area (Å²) in [5.74, 6) is -0.535. The fraction of sp³-hybridized carbons (Fsp3) is 0.548. The molecule has 15 heteroatoms. The molecule has 3 aliphatic rings. The Kier molecular flexibility index (Phi) is 14.2. The number of rotatable bonds is 15. The molecule has 0 bridgehead atoms. The molecule has 1 N–H and O–H groups in total. The zero-order valence-corrected chi connectivity index (χ0v) is 34.6. The highest BCUT2D eigenvalue weighted by Crippen LogP contribution is 2.46. The standard InChI is InChI=1S/C42H55N3O11Si/c1-26(2)42(3,4)57(6,7)56-41-32(46)35(50-24-28-19-13-9-14-20-28)36(37(55-41)38(47)48-5)54-40-31(44-45-43)34(49-23-27-17-11-8-12-18-27)33-30(52-40)25-51-39(53-33)29-21-15-10-16-22-29/h8-22,26,30-37,39-41,46H,23-25H2,1-7H3/t30-,31-,32-,33-,34-,35-,36+,37-,39-,40+,41-/m1/s1. The number of methoxy groups -OCH3 is 1. The maximum Gasteiger partial charge on any atom is 0.337 e. The molecule has 3 saturated heterocycles. The van der Waals surface area contributed by atoms with Crippen molar-refractivity contribution in [1.29, 1.82) is 0 Å². The number of ether oxygens (including phenoxy) is 8. The first kappa shape index (κ1) is 42.9. The van der Waals surface area contributed by atoms with E-state index < -0.39 is 81.9 Å². The Morgan fingerprint density at radius 3 is 2.02 bits per heavy atom. The number of hydrogen-bond acceptors (Lipinski definition) is 12. The van der Waals surface area contributed by atoms with Crippen molar-refractivity contribution < 1.29 is 52.2 Å². The first-order chi connectivity index (χ1) is 27.3. The predicted molar refractivity (Wildman–Crippen MR) is 211 cm³/mol. The van der Waals surface area contributed by atoms with Crippen LogP contribution in [0.1, 0.15) is 50.7 Å². The van der Waals surface area contributed by atoms with E-state index in [1.165, 1.54) is 7.11 Å². The van der Waals surface area contributed by atoms with Crippen molar-refractivity contribution in [2.24, 2.45) is 11.0 Å². The van der Waals surface area contributed by atoms with Crippen LogP contribution in [0.25, 0.3) is 10.4 Å². The topological polar surface area (TPSA) is 169 Å². The molecule has 57 heavy (non-hydrogen) atoms. The fourth-order valence-corrected chi connectivity index (χ4v) is 9.69. The van der Waals surface area contributed by atoms with Crippen LogP contribution in [0.5, 0.6) is 0 Å². The van der Waals surface area contributed by atoms with E-state index in [4.69, 9.17) is 42.3 Å². The molecule has 3 fully saturated rings. The summed E-state index contributed by atoms with van der Waals surface area (Å²) in [6, 6.07) is 27.3. The second-order valence-corrected chi connectivity index (χ2v) is 20.5. The van der Waals surface area contributed by atoms with Gasteiger partial charge in [0.25, 0.3) is 0 Å². The van der Waals surface area contributed by atoms with Crippen molar-refractivity contribution in [3.63, 3.8) is 0 Å². The lowest BCUT2D eigenvalue weighted by molar-refractivity contribution is -0.369. The summed E-state index contributed by atoms with van der Waals surface area (Å²) in [6.07, 6.45) is -11.2. The number of nitrogens with zero attached hydrogens (tertiary/aromatic N) is 3. The number of esters is 1. The van der Waals surface area contributed by atoms with Crippen molar-refractivity contribution in [2.75, 3.05) is 13.7 Å². The molecule has 0 amide bonds. The van der Waals surface area contributed by atoms with Crippen LogP contribution in [0.15, 0.2) is 96.1 Å². The summed E-state index contributed by atoms with van der Waals surface area (Å²) in [6.45, 7) is 12.9. The quantitative estimate of drug-likeness (QED) is 0.0553. The van der Waals surface area contributed by atoms with Crippen molar-refractivity contribution >= 4 is 14.3 Å². The predicted octanol–water partition coefficient (Wildman–Crippen LogP) is 6.98. The summed E-state index contributed by atoms with van der Waals surface area (Å²) in [5, 5.41) is 16.0. The van der Waals surface area contributed by atoms with Gasteiger partial charge in [0.1, 0.15) is 42.7 Å². The largest absolute Gasteiger partial charge is 0.467 e. The Morgan fingerprint density at radius 2 is 1.46 bits per heavy atom. The second-order valence-electron chi connectivity index (χ2n) is 16.0. The average Bonchev–Trinajstić information content (AvgIpc) is 3.21. The fourth-order valence-electron chi connectivity index (χ4n) is 7.22. The Hall–Kier alpha value is -3.70. The number of carbonyl (C=O) groups is 1. The molecule has 0 unspecified atom stereocenters. The highest BCUT2D eigenvalue weighted by Gasteiger charge is 2.57. The number of benzene rings is 3. The van der Waals surface area contributed by atoms with Gasteiger partial charge in [0.15, 0.2) is 33.3 Å². The minimum atomic E-state index is -2.65. The maximum absolute atomic E-state index is 13.7. The Bertz CT molecular complexity index is 1780. The molecule has 11 atom stereocenters. The van der Waals surface area contributed by atoms with Gasteiger partial charge < -0.3 is 47.4 Å². The van der Waals surface area contributed by atoms with E-state index in [1.54, 1.807) is 0 Å². The van der Waals surface area contributed by atoms with Crippen LogP contribution in [-0.2, 0) is 60.3 Å². The first-order valence-corrected chi connectivity index (χ1v) is 22.3. The monoisotopic (exact) mass is 805 g/mol. The highest BCUT2D eigenvalue weighted by molar-refractivity contribution is 6.74. The van der Waals surface area contributed by atoms with Crippen LogP contribution >= 0.6 is 0 Å². The molecule has 0 aromatic heterocycles. The molecule has 3 aromatic rings. The number of carbonyl (C=O) groups excluding carboxylic acids is 1. The maximum atomic E-state index is 13.7. The van der Waals surface area contributed by atoms with E-state index in [0.29, 0.717) is 0 Å². The first-order valence-electron chi connectivity index (χ1n) is 19.4. The van der Waals surface area contributed by atoms with Crippen molar-refractivity contribution in [1.82, 2.24) is 0 Å². The van der Waals surface area contributed by atoms with Gasteiger partial charge in [0.05, 0.1) is 26.9 Å². The van der Waals surface area contributed by atoms with Gasteiger partial charge in [-0.05, 0) is 40.7 Å². The number of azide groups is 1. The third kappa shape index (κ3) is 9.78. The molecular formula is C42H55N3O11Si. The van der Waals surface area contributed by atoms with E-state index in [1.807, 2.05) is 91.0 Å². The SMILES string of the molecule is COC(=O)[C@@H]1O[C@H](O[Si](C)(C)C(C)(C)C(C)C)[C@H](O)[C@@H](OCc2ccccc2)[C@@H]1O[C@@H]1O[C@@H]2CO[C@@H](c3ccccc3)O[C@H]2[C@H](OCc2ccccc2)[C@H]1N=[N+]=[N-]. The van der Waals surface area contributed by atoms with E-state index in [0.717, 1.165) is 16.7 Å². The number of aliphatic hydroxyl groups is 1. The average molecular weight is 806 g/mol. The van der Waals surface area contributed by atoms with Gasteiger partial charge in [-0.1, -0.05) is 124 Å². The van der Waals surface area contributed by atoms with E-state index in [2.05, 4.69) is 50.8 Å². The van der Waals surface area contributed by atoms with Crippen LogP contribution in [0.4, 0.5) is 0 Å². The molecule has 14 nitrogen and oxygen atoms in total. The summed E-state index contributed by atoms with van der Waals surface area (Å²) >= 11 is 0. The van der Waals surface area contributed by atoms with Crippen LogP contribution in [0.2, 0.25) is 18.1 Å². The number of fused-ring (bicyclic) bond motifs is 1. The van der Waals surface area contributed by atoms with Crippen LogP contribution < -0.4 is 0 Å². The van der Waals surface area contributed by atoms with Crippen molar-refractivity contribution in [2.45, 2.75) is 127 Å². The van der Waals surface area contributed by atoms with Crippen LogP contribution in [0, 0.1) is 5.92 Å². The van der Waals surface area contributed by atoms with Gasteiger partial charge in [-0.25, -0.2) is 4.79 Å². The van der Waals surface area contributed by atoms with Gasteiger partial charge in [-0.3, -0.25) is 0 Å². The van der Waals surface area contributed by atoms with Gasteiger partial charge in [-0.15, -0.1) is 0 Å². The Labute approximate surface area is 335 Å². The van der Waals surface area contributed by atoms with Gasteiger partial charge in [0.2, 0.25) is 0 Å². The Balaban J connectivity index is 1.35. The van der Waals surface area contributed by atoms with Gasteiger partial charge in [0, 0.05) is 10.5 Å². The Morgan fingerprint density at radius 1 is 0.877 bits per heavy atom. The number of aliphatic hydroxyl groups excluding tert-OH is 1. The van der Waals surface area contributed by atoms with E-state index in [9.17, 15) is 15.4 Å². The third-order valence-corrected chi connectivity index (χ3v) is 16.3. The minimum Gasteiger partial charge on any atom is -0.467 e. The van der Waals surface area contributed by atoms with Gasteiger partial charge in [-0.2, -0.15) is 0 Å². The highest BCUT2D eigenvalue weighted by atomic mass is 28.4. The molecule has 308 valence electrons. The lowest BCUT2D eigenvalue weighted by Gasteiger charge is -2.51. The van der Waals surface area contributed by atoms with Crippen molar-refractivity contribution in [3.05, 3.63) is 118 Å².